The number of nitrogens with one attached hydrogen (secondary N) is 1. The van der Waals surface area contributed by atoms with Gasteiger partial charge in [0.05, 0.1) is 17.8 Å². The fraction of sp³-hybridized carbons (Fsp3) is 0.333. The summed E-state index contributed by atoms with van der Waals surface area (Å²) in [5.41, 5.74) is 0.715. The molecule has 2 N–H and O–H groups in total. The molecule has 5 nitrogen and oxygen atoms in total. The molecule has 0 saturated carbocycles. The summed E-state index contributed by atoms with van der Waals surface area (Å²) >= 11 is 3.31. The summed E-state index contributed by atoms with van der Waals surface area (Å²) in [5, 5.41) is 11.7. The molecule has 1 aromatic rings. The molecule has 0 bridgehead atoms. The Labute approximate surface area is 114 Å². The van der Waals surface area contributed by atoms with E-state index < -0.39 is 5.97 Å². The molecule has 0 aliphatic heterocycles. The second-order valence-electron chi connectivity index (χ2n) is 3.65. The summed E-state index contributed by atoms with van der Waals surface area (Å²) in [6, 6.07) is 4.89. The Morgan fingerprint density at radius 3 is 2.61 bits per heavy atom. The lowest BCUT2D eigenvalue weighted by Crippen LogP contribution is -2.36. The topological polar surface area (TPSA) is 69.6 Å². The van der Waals surface area contributed by atoms with E-state index in [9.17, 15) is 9.59 Å². The van der Waals surface area contributed by atoms with Crippen LogP contribution in [-0.4, -0.2) is 37.1 Å². The predicted octanol–water partition coefficient (Wildman–Crippen LogP) is 1.72. The van der Waals surface area contributed by atoms with Crippen LogP contribution in [0, 0.1) is 0 Å². The van der Waals surface area contributed by atoms with E-state index in [1.54, 1.807) is 24.1 Å². The van der Waals surface area contributed by atoms with E-state index in [0.29, 0.717) is 12.2 Å². The monoisotopic (exact) mass is 314 g/mol. The molecular formula is C12H15BrN2O3. The number of rotatable bonds is 5. The van der Waals surface area contributed by atoms with Gasteiger partial charge >= 0.3 is 5.97 Å². The molecule has 1 amide bonds. The van der Waals surface area contributed by atoms with Crippen LogP contribution in [0.15, 0.2) is 22.7 Å². The zero-order chi connectivity index (χ0) is 13.7. The Morgan fingerprint density at radius 2 is 2.11 bits per heavy atom. The van der Waals surface area contributed by atoms with Crippen LogP contribution in [0.3, 0.4) is 0 Å². The fourth-order valence-electron chi connectivity index (χ4n) is 1.57. The van der Waals surface area contributed by atoms with E-state index in [2.05, 4.69) is 21.2 Å². The Hall–Kier alpha value is -1.56. The van der Waals surface area contributed by atoms with E-state index in [4.69, 9.17) is 5.11 Å². The maximum Gasteiger partial charge on any atom is 0.337 e. The second kappa shape index (κ2) is 6.39. The second-order valence-corrected chi connectivity index (χ2v) is 4.57. The van der Waals surface area contributed by atoms with E-state index in [-0.39, 0.29) is 18.0 Å². The van der Waals surface area contributed by atoms with Crippen LogP contribution in [0.2, 0.25) is 0 Å². The molecule has 0 aromatic heterocycles. The Balaban J connectivity index is 3.14. The summed E-state index contributed by atoms with van der Waals surface area (Å²) in [6.45, 7) is 2.55. The lowest BCUT2D eigenvalue weighted by molar-refractivity contribution is -0.119. The Morgan fingerprint density at radius 1 is 1.44 bits per heavy atom. The minimum atomic E-state index is -1.01. The molecule has 0 aliphatic rings. The van der Waals surface area contributed by atoms with Gasteiger partial charge in [0.25, 0.3) is 0 Å². The number of aromatic carboxylic acids is 1. The molecule has 0 heterocycles. The van der Waals surface area contributed by atoms with Crippen LogP contribution in [0.5, 0.6) is 0 Å². The van der Waals surface area contributed by atoms with Crippen LogP contribution < -0.4 is 10.2 Å². The smallest absolute Gasteiger partial charge is 0.337 e. The largest absolute Gasteiger partial charge is 0.478 e. The van der Waals surface area contributed by atoms with Crippen molar-refractivity contribution in [1.29, 1.82) is 0 Å². The number of hydrogen-bond acceptors (Lipinski definition) is 3. The van der Waals surface area contributed by atoms with Gasteiger partial charge < -0.3 is 15.3 Å². The molecule has 1 rings (SSSR count). The summed E-state index contributed by atoms with van der Waals surface area (Å²) in [7, 11) is 1.55. The third kappa shape index (κ3) is 3.46. The van der Waals surface area contributed by atoms with Crippen molar-refractivity contribution in [2.24, 2.45) is 0 Å². The minimum Gasteiger partial charge on any atom is -0.478 e. The van der Waals surface area contributed by atoms with Crippen molar-refractivity contribution in [3.63, 3.8) is 0 Å². The maximum absolute atomic E-state index is 11.4. The molecule has 98 valence electrons. The van der Waals surface area contributed by atoms with Crippen molar-refractivity contribution in [2.45, 2.75) is 6.92 Å². The van der Waals surface area contributed by atoms with Gasteiger partial charge in [-0.15, -0.1) is 0 Å². The lowest BCUT2D eigenvalue weighted by atomic mass is 10.1. The van der Waals surface area contributed by atoms with Gasteiger partial charge in [-0.2, -0.15) is 0 Å². The Bertz CT molecular complexity index is 463. The van der Waals surface area contributed by atoms with Gasteiger partial charge in [0.15, 0.2) is 0 Å². The molecule has 0 aliphatic carbocycles. The molecule has 0 fully saturated rings. The molecule has 6 heteroatoms. The molecule has 18 heavy (non-hydrogen) atoms. The van der Waals surface area contributed by atoms with Gasteiger partial charge in [0.2, 0.25) is 5.91 Å². The summed E-state index contributed by atoms with van der Waals surface area (Å²) < 4.78 is 0.776. The highest BCUT2D eigenvalue weighted by molar-refractivity contribution is 9.10. The average Bonchev–Trinajstić information content (AvgIpc) is 2.35. The molecule has 0 spiro atoms. The number of amides is 1. The lowest BCUT2D eigenvalue weighted by Gasteiger charge is -2.24. The van der Waals surface area contributed by atoms with Crippen molar-refractivity contribution in [3.8, 4) is 0 Å². The van der Waals surface area contributed by atoms with Crippen LogP contribution in [0.1, 0.15) is 17.3 Å². The number of anilines is 1. The number of carboxylic acid groups (broad SMARTS) is 1. The number of benzene rings is 1. The SMILES string of the molecule is CCN(CC(=O)NC)c1cc(Br)ccc1C(=O)O. The Kier molecular flexibility index (Phi) is 5.15. The highest BCUT2D eigenvalue weighted by atomic mass is 79.9. The van der Waals surface area contributed by atoms with Crippen LogP contribution in [0.25, 0.3) is 0 Å². The number of carbonyl (C=O) groups is 2. The van der Waals surface area contributed by atoms with Crippen molar-refractivity contribution in [1.82, 2.24) is 5.32 Å². The van der Waals surface area contributed by atoms with Gasteiger partial charge in [-0.1, -0.05) is 15.9 Å². The van der Waals surface area contributed by atoms with Gasteiger partial charge in [0, 0.05) is 18.1 Å². The van der Waals surface area contributed by atoms with Gasteiger partial charge in [-0.25, -0.2) is 4.79 Å². The molecule has 0 saturated heterocycles. The van der Waals surface area contributed by atoms with E-state index in [0.717, 1.165) is 4.47 Å². The average molecular weight is 315 g/mol. The van der Waals surface area contributed by atoms with Crippen molar-refractivity contribution in [3.05, 3.63) is 28.2 Å². The van der Waals surface area contributed by atoms with Gasteiger partial charge in [0.1, 0.15) is 0 Å². The van der Waals surface area contributed by atoms with Gasteiger partial charge in [-0.3, -0.25) is 4.79 Å². The predicted molar refractivity (Wildman–Crippen MR) is 73.1 cm³/mol. The molecular weight excluding hydrogens is 300 g/mol. The van der Waals surface area contributed by atoms with Gasteiger partial charge in [-0.05, 0) is 25.1 Å². The van der Waals surface area contributed by atoms with Crippen LogP contribution >= 0.6 is 15.9 Å². The third-order valence-corrected chi connectivity index (χ3v) is 3.02. The summed E-state index contributed by atoms with van der Waals surface area (Å²) in [6.07, 6.45) is 0. The third-order valence-electron chi connectivity index (χ3n) is 2.53. The van der Waals surface area contributed by atoms with Crippen LogP contribution in [0.4, 0.5) is 5.69 Å². The van der Waals surface area contributed by atoms with E-state index in [1.165, 1.54) is 6.07 Å². The zero-order valence-corrected chi connectivity index (χ0v) is 11.8. The summed E-state index contributed by atoms with van der Waals surface area (Å²) in [5.74, 6) is -1.17. The number of likely N-dealkylation sites (N-methyl/N-ethyl adjacent to an activating group) is 2. The number of hydrogen-bond donors (Lipinski definition) is 2. The normalized spacial score (nSPS) is 9.94. The number of nitrogens with zero attached hydrogens (tertiary/aromatic N) is 1. The zero-order valence-electron chi connectivity index (χ0n) is 10.2. The van der Waals surface area contributed by atoms with E-state index in [1.807, 2.05) is 6.92 Å². The van der Waals surface area contributed by atoms with Crippen molar-refractivity contribution >= 4 is 33.5 Å². The first-order valence-corrected chi connectivity index (χ1v) is 6.27. The highest BCUT2D eigenvalue weighted by Gasteiger charge is 2.17. The van der Waals surface area contributed by atoms with Crippen molar-refractivity contribution in [2.75, 3.05) is 25.0 Å². The number of halogens is 1. The standard InChI is InChI=1S/C12H15BrN2O3/c1-3-15(7-11(16)14-2)10-6-8(13)4-5-9(10)12(17)18/h4-6H,3,7H2,1-2H3,(H,14,16)(H,17,18). The van der Waals surface area contributed by atoms with E-state index >= 15 is 0 Å². The first kappa shape index (κ1) is 14.5. The summed E-state index contributed by atoms with van der Waals surface area (Å²) in [4.78, 5) is 24.3. The minimum absolute atomic E-state index is 0.129. The molecule has 0 unspecified atom stereocenters. The number of carboxylic acids is 1. The first-order valence-electron chi connectivity index (χ1n) is 5.48. The fourth-order valence-corrected chi connectivity index (χ4v) is 1.92. The van der Waals surface area contributed by atoms with Crippen LogP contribution in [-0.2, 0) is 4.79 Å². The molecule has 1 aromatic carbocycles. The quantitative estimate of drug-likeness (QED) is 0.868. The first-order chi connectivity index (χ1) is 8.49. The highest BCUT2D eigenvalue weighted by Crippen LogP contribution is 2.25. The van der Waals surface area contributed by atoms with Crippen molar-refractivity contribution < 1.29 is 14.7 Å². The maximum atomic E-state index is 11.4. The molecule has 0 radical (unpaired) electrons. The number of carbonyl (C=O) groups excluding carboxylic acids is 1. The molecule has 0 atom stereocenters.